The van der Waals surface area contributed by atoms with E-state index in [-0.39, 0.29) is 22.9 Å². The number of rotatable bonds is 3. The van der Waals surface area contributed by atoms with Crippen LogP contribution in [0, 0.1) is 5.92 Å². The second-order valence-corrected chi connectivity index (χ2v) is 5.88. The Hall–Kier alpha value is -0.840. The van der Waals surface area contributed by atoms with Crippen molar-refractivity contribution >= 4 is 46.3 Å². The van der Waals surface area contributed by atoms with Gasteiger partial charge in [-0.25, -0.2) is 0 Å². The highest BCUT2D eigenvalue weighted by atomic mass is 35.5. The van der Waals surface area contributed by atoms with Crippen molar-refractivity contribution in [2.75, 3.05) is 0 Å². The summed E-state index contributed by atoms with van der Waals surface area (Å²) in [4.78, 5) is 12.7. The van der Waals surface area contributed by atoms with Crippen LogP contribution in [0.25, 0.3) is 0 Å². The van der Waals surface area contributed by atoms with Crippen LogP contribution in [0.15, 0.2) is 18.2 Å². The van der Waals surface area contributed by atoms with Gasteiger partial charge in [-0.15, -0.1) is 0 Å². The number of hydrogen-bond acceptors (Lipinski definition) is 2. The highest BCUT2D eigenvalue weighted by molar-refractivity contribution is 7.80. The van der Waals surface area contributed by atoms with Gasteiger partial charge in [-0.05, 0) is 25.0 Å². The number of hydrogen-bond donors (Lipinski definition) is 2. The van der Waals surface area contributed by atoms with Crippen molar-refractivity contribution in [1.82, 2.24) is 5.32 Å². The highest BCUT2D eigenvalue weighted by Gasteiger charge is 2.31. The van der Waals surface area contributed by atoms with Crippen LogP contribution in [0.1, 0.15) is 29.6 Å². The molecule has 0 aliphatic heterocycles. The van der Waals surface area contributed by atoms with E-state index in [0.717, 1.165) is 19.3 Å². The van der Waals surface area contributed by atoms with E-state index in [1.807, 2.05) is 0 Å². The van der Waals surface area contributed by atoms with E-state index in [0.29, 0.717) is 15.6 Å². The Labute approximate surface area is 127 Å². The van der Waals surface area contributed by atoms with E-state index in [2.05, 4.69) is 5.32 Å². The maximum Gasteiger partial charge on any atom is 0.253 e. The Balaban J connectivity index is 2.13. The molecule has 2 unspecified atom stereocenters. The van der Waals surface area contributed by atoms with E-state index >= 15 is 0 Å². The van der Waals surface area contributed by atoms with E-state index < -0.39 is 0 Å². The summed E-state index contributed by atoms with van der Waals surface area (Å²) in [5, 5.41) is 3.58. The maximum atomic E-state index is 12.2. The van der Waals surface area contributed by atoms with Gasteiger partial charge in [-0.3, -0.25) is 4.79 Å². The molecule has 19 heavy (non-hydrogen) atoms. The molecule has 102 valence electrons. The van der Waals surface area contributed by atoms with Gasteiger partial charge in [-0.2, -0.15) is 0 Å². The molecule has 1 aliphatic carbocycles. The first-order chi connectivity index (χ1) is 9.00. The molecule has 1 fully saturated rings. The third kappa shape index (κ3) is 3.19. The first kappa shape index (κ1) is 14.6. The monoisotopic (exact) mass is 316 g/mol. The zero-order valence-electron chi connectivity index (χ0n) is 10.2. The van der Waals surface area contributed by atoms with Crippen molar-refractivity contribution in [2.24, 2.45) is 11.7 Å². The number of carbonyl (C=O) groups excluding carboxylic acids is 1. The quantitative estimate of drug-likeness (QED) is 0.842. The molecular formula is C13H14Cl2N2OS. The fraction of sp³-hybridized carbons (Fsp3) is 0.385. The van der Waals surface area contributed by atoms with Crippen molar-refractivity contribution in [1.29, 1.82) is 0 Å². The van der Waals surface area contributed by atoms with E-state index in [9.17, 15) is 4.79 Å². The molecule has 0 spiro atoms. The zero-order chi connectivity index (χ0) is 14.0. The number of halogens is 2. The SMILES string of the molecule is NC(=S)C1CCCC1NC(=O)c1cccc(Cl)c1Cl. The number of benzene rings is 1. The van der Waals surface area contributed by atoms with Gasteiger partial charge in [0.25, 0.3) is 5.91 Å². The molecule has 0 heterocycles. The van der Waals surface area contributed by atoms with Crippen LogP contribution >= 0.6 is 35.4 Å². The average Bonchev–Trinajstić information content (AvgIpc) is 2.80. The Morgan fingerprint density at radius 3 is 2.79 bits per heavy atom. The van der Waals surface area contributed by atoms with Gasteiger partial charge in [-0.1, -0.05) is 47.9 Å². The molecule has 1 aromatic carbocycles. The molecular weight excluding hydrogens is 303 g/mol. The topological polar surface area (TPSA) is 55.1 Å². The molecule has 3 nitrogen and oxygen atoms in total. The Morgan fingerprint density at radius 1 is 1.37 bits per heavy atom. The fourth-order valence-electron chi connectivity index (χ4n) is 2.40. The fourth-order valence-corrected chi connectivity index (χ4v) is 3.07. The molecule has 2 rings (SSSR count). The van der Waals surface area contributed by atoms with Crippen molar-refractivity contribution in [3.8, 4) is 0 Å². The largest absolute Gasteiger partial charge is 0.393 e. The smallest absolute Gasteiger partial charge is 0.253 e. The lowest BCUT2D eigenvalue weighted by molar-refractivity contribution is 0.0934. The summed E-state index contributed by atoms with van der Waals surface area (Å²) in [5.74, 6) is -0.169. The standard InChI is InChI=1S/C13H14Cl2N2OS/c14-9-5-1-4-8(11(9)15)13(18)17-10-6-2-3-7(10)12(16)19/h1,4-5,7,10H,2-3,6H2,(H2,16,19)(H,17,18). The van der Waals surface area contributed by atoms with Gasteiger partial charge >= 0.3 is 0 Å². The Kier molecular flexibility index (Phi) is 4.66. The predicted molar refractivity (Wildman–Crippen MR) is 81.8 cm³/mol. The second kappa shape index (κ2) is 6.07. The van der Waals surface area contributed by atoms with Crippen molar-refractivity contribution in [3.05, 3.63) is 33.8 Å². The van der Waals surface area contributed by atoms with E-state index in [1.54, 1.807) is 18.2 Å². The second-order valence-electron chi connectivity index (χ2n) is 4.62. The van der Waals surface area contributed by atoms with Crippen LogP contribution in [0.3, 0.4) is 0 Å². The van der Waals surface area contributed by atoms with Crippen LogP contribution in [-0.2, 0) is 0 Å². The lowest BCUT2D eigenvalue weighted by Crippen LogP contribution is -2.41. The van der Waals surface area contributed by atoms with Gasteiger partial charge in [0.05, 0.1) is 20.6 Å². The van der Waals surface area contributed by atoms with Gasteiger partial charge in [0, 0.05) is 12.0 Å². The van der Waals surface area contributed by atoms with Crippen LogP contribution < -0.4 is 11.1 Å². The molecule has 1 amide bonds. The summed E-state index contributed by atoms with van der Waals surface area (Å²) >= 11 is 17.0. The summed E-state index contributed by atoms with van der Waals surface area (Å²) in [6.07, 6.45) is 2.81. The normalized spacial score (nSPS) is 22.2. The first-order valence-corrected chi connectivity index (χ1v) is 7.21. The first-order valence-electron chi connectivity index (χ1n) is 6.05. The molecule has 0 bridgehead atoms. The van der Waals surface area contributed by atoms with Gasteiger partial charge in [0.15, 0.2) is 0 Å². The molecule has 2 atom stereocenters. The molecule has 1 aromatic rings. The lowest BCUT2D eigenvalue weighted by Gasteiger charge is -2.20. The van der Waals surface area contributed by atoms with Gasteiger partial charge in [0.2, 0.25) is 0 Å². The minimum atomic E-state index is -0.236. The number of nitrogens with two attached hydrogens (primary N) is 1. The summed E-state index contributed by atoms with van der Waals surface area (Å²) in [6.45, 7) is 0. The Morgan fingerprint density at radius 2 is 2.11 bits per heavy atom. The minimum absolute atomic E-state index is 0.0138. The van der Waals surface area contributed by atoms with Crippen LogP contribution in [0.5, 0.6) is 0 Å². The predicted octanol–water partition coefficient (Wildman–Crippen LogP) is 3.18. The molecule has 0 radical (unpaired) electrons. The van der Waals surface area contributed by atoms with Crippen molar-refractivity contribution in [3.63, 3.8) is 0 Å². The average molecular weight is 317 g/mol. The molecule has 0 saturated heterocycles. The van der Waals surface area contributed by atoms with Gasteiger partial charge in [0.1, 0.15) is 0 Å². The van der Waals surface area contributed by atoms with Crippen molar-refractivity contribution < 1.29 is 4.79 Å². The summed E-state index contributed by atoms with van der Waals surface area (Å²) in [5.41, 5.74) is 6.07. The number of thiocarbonyl (C=S) groups is 1. The summed E-state index contributed by atoms with van der Waals surface area (Å²) < 4.78 is 0. The molecule has 3 N–H and O–H groups in total. The Bertz CT molecular complexity index is 521. The van der Waals surface area contributed by atoms with E-state index in [1.165, 1.54) is 0 Å². The van der Waals surface area contributed by atoms with Crippen LogP contribution in [0.2, 0.25) is 10.0 Å². The third-order valence-electron chi connectivity index (χ3n) is 3.39. The third-order valence-corrected chi connectivity index (χ3v) is 4.52. The number of nitrogens with one attached hydrogen (secondary N) is 1. The minimum Gasteiger partial charge on any atom is -0.393 e. The molecule has 0 aromatic heterocycles. The van der Waals surface area contributed by atoms with E-state index in [4.69, 9.17) is 41.2 Å². The summed E-state index contributed by atoms with van der Waals surface area (Å²) in [7, 11) is 0. The highest BCUT2D eigenvalue weighted by Crippen LogP contribution is 2.28. The lowest BCUT2D eigenvalue weighted by atomic mass is 10.0. The zero-order valence-corrected chi connectivity index (χ0v) is 12.5. The number of carbonyl (C=O) groups is 1. The molecule has 1 saturated carbocycles. The van der Waals surface area contributed by atoms with Crippen molar-refractivity contribution in [2.45, 2.75) is 25.3 Å². The number of amides is 1. The van der Waals surface area contributed by atoms with Gasteiger partial charge < -0.3 is 11.1 Å². The molecule has 6 heteroatoms. The molecule has 1 aliphatic rings. The summed E-state index contributed by atoms with van der Waals surface area (Å²) in [6, 6.07) is 4.98. The van der Waals surface area contributed by atoms with Crippen LogP contribution in [-0.4, -0.2) is 16.9 Å². The maximum absolute atomic E-state index is 12.2. The van der Waals surface area contributed by atoms with Crippen LogP contribution in [0.4, 0.5) is 0 Å².